The average Bonchev–Trinajstić information content (AvgIpc) is 1.89. The van der Waals surface area contributed by atoms with Gasteiger partial charge in [0.05, 0.1) is 0 Å². The summed E-state index contributed by atoms with van der Waals surface area (Å²) in [5.74, 6) is 0. The average molecular weight is 150 g/mol. The van der Waals surface area contributed by atoms with Crippen molar-refractivity contribution in [1.29, 1.82) is 0 Å². The molecule has 0 atom stereocenters. The molecule has 0 radical (unpaired) electrons. The van der Waals surface area contributed by atoms with Crippen molar-refractivity contribution < 1.29 is 10.2 Å². The van der Waals surface area contributed by atoms with Crippen LogP contribution in [-0.2, 0) is 0 Å². The molecule has 2 N–H and O–H groups in total. The third-order valence-corrected chi connectivity index (χ3v) is 2.44. The molecule has 0 aromatic carbocycles. The molecular weight excluding hydrogens is 135 g/mol. The van der Waals surface area contributed by atoms with Crippen LogP contribution in [0.4, 0.5) is 0 Å². The van der Waals surface area contributed by atoms with Crippen LogP contribution in [0.2, 0.25) is 0 Å². The summed E-state index contributed by atoms with van der Waals surface area (Å²) in [6.07, 6.45) is 4.08. The Morgan fingerprint density at radius 1 is 0.889 bits per heavy atom. The molecule has 0 rings (SSSR count). The lowest BCUT2D eigenvalue weighted by Gasteiger charge is -1.96. The Hall–Kier alpha value is 0.350. The first-order valence-electron chi connectivity index (χ1n) is 3.34. The molecule has 0 saturated heterocycles. The molecule has 9 heavy (non-hydrogen) atoms. The van der Waals surface area contributed by atoms with Gasteiger partial charge in [0.1, 0.15) is 0 Å². The van der Waals surface area contributed by atoms with Crippen molar-refractivity contribution in [2.75, 3.05) is 25.5 Å². The molecule has 0 unspecified atom stereocenters. The van der Waals surface area contributed by atoms with Gasteiger partial charge in [0, 0.05) is 13.2 Å². The van der Waals surface area contributed by atoms with E-state index in [0.29, 0.717) is 13.2 Å². The number of aliphatic hydroxyl groups excluding tert-OH is 2. The van der Waals surface area contributed by atoms with Gasteiger partial charge >= 0.3 is 0 Å². The molecule has 0 heterocycles. The Morgan fingerprint density at radius 3 is 1.67 bits per heavy atom. The summed E-state index contributed by atoms with van der Waals surface area (Å²) < 4.78 is 0. The molecule has 0 amide bonds. The molecule has 0 aliphatic rings. The van der Waals surface area contributed by atoms with Crippen LogP contribution in [0.25, 0.3) is 0 Å². The summed E-state index contributed by atoms with van der Waals surface area (Å²) >= 11 is 0. The van der Waals surface area contributed by atoms with E-state index < -0.39 is 0 Å². The fourth-order valence-corrected chi connectivity index (χ4v) is 1.60. The van der Waals surface area contributed by atoms with Gasteiger partial charge in [-0.25, -0.2) is 0 Å². The van der Waals surface area contributed by atoms with E-state index in [1.807, 2.05) is 0 Å². The zero-order chi connectivity index (χ0) is 6.95. The smallest absolute Gasteiger partial charge is 0.0434 e. The summed E-state index contributed by atoms with van der Waals surface area (Å²) in [5, 5.41) is 16.8. The Bertz CT molecular complexity index is 44.3. The third-order valence-electron chi connectivity index (χ3n) is 1.02. The van der Waals surface area contributed by atoms with E-state index in [2.05, 4.69) is 0 Å². The predicted octanol–water partition coefficient (Wildman–Crippen LogP) is 0.430. The summed E-state index contributed by atoms with van der Waals surface area (Å²) in [5.41, 5.74) is 0. The van der Waals surface area contributed by atoms with Gasteiger partial charge in [-0.3, -0.25) is 0 Å². The van der Waals surface area contributed by atoms with E-state index in [1.165, 1.54) is 0 Å². The normalized spacial score (nSPS) is 10.0. The maximum Gasteiger partial charge on any atom is 0.0434 e. The van der Waals surface area contributed by atoms with Crippen LogP contribution in [0.3, 0.4) is 0 Å². The quantitative estimate of drug-likeness (QED) is 0.426. The second-order valence-electron chi connectivity index (χ2n) is 1.90. The molecule has 0 bridgehead atoms. The van der Waals surface area contributed by atoms with Crippen LogP contribution in [0.5, 0.6) is 0 Å². The fourth-order valence-electron chi connectivity index (χ4n) is 0.533. The molecule has 0 saturated carbocycles. The highest BCUT2D eigenvalue weighted by Gasteiger charge is 1.86. The molecule has 0 aromatic rings. The minimum absolute atomic E-state index is 0.312. The fraction of sp³-hybridized carbons (Fsp3) is 1.00. The lowest BCUT2D eigenvalue weighted by atomic mass is 10.5. The molecule has 0 fully saturated rings. The maximum absolute atomic E-state index is 8.38. The molecule has 0 aromatic heterocycles. The van der Waals surface area contributed by atoms with Gasteiger partial charge in [-0.1, -0.05) is 0 Å². The van der Waals surface area contributed by atoms with Crippen LogP contribution in [-0.4, -0.2) is 35.8 Å². The van der Waals surface area contributed by atoms with E-state index in [4.69, 9.17) is 10.2 Å². The monoisotopic (exact) mass is 150 g/mol. The van der Waals surface area contributed by atoms with Crippen LogP contribution < -0.4 is 0 Å². The van der Waals surface area contributed by atoms with Gasteiger partial charge in [-0.15, -0.1) is 8.58 Å². The second kappa shape index (κ2) is 8.35. The van der Waals surface area contributed by atoms with Crippen LogP contribution >= 0.6 is 8.58 Å². The molecule has 56 valence electrons. The third kappa shape index (κ3) is 8.35. The number of rotatable bonds is 6. The van der Waals surface area contributed by atoms with Crippen LogP contribution in [0.15, 0.2) is 0 Å². The second-order valence-corrected chi connectivity index (χ2v) is 3.40. The van der Waals surface area contributed by atoms with Gasteiger partial charge in [0.25, 0.3) is 0 Å². The number of hydrogen-bond donors (Lipinski definition) is 2. The van der Waals surface area contributed by atoms with Gasteiger partial charge in [-0.05, 0) is 25.2 Å². The molecule has 0 aliphatic heterocycles. The molecular formula is C6H15O2P. The van der Waals surface area contributed by atoms with Crippen molar-refractivity contribution in [2.24, 2.45) is 0 Å². The van der Waals surface area contributed by atoms with Crippen LogP contribution in [0, 0.1) is 0 Å². The highest BCUT2D eigenvalue weighted by molar-refractivity contribution is 7.37. The topological polar surface area (TPSA) is 40.5 Å². The van der Waals surface area contributed by atoms with E-state index in [-0.39, 0.29) is 0 Å². The van der Waals surface area contributed by atoms with Crippen molar-refractivity contribution in [1.82, 2.24) is 0 Å². The van der Waals surface area contributed by atoms with Crippen molar-refractivity contribution in [3.05, 3.63) is 0 Å². The first-order valence-corrected chi connectivity index (χ1v) is 4.75. The largest absolute Gasteiger partial charge is 0.396 e. The maximum atomic E-state index is 8.38. The Labute approximate surface area is 58.1 Å². The van der Waals surface area contributed by atoms with E-state index >= 15 is 0 Å². The highest BCUT2D eigenvalue weighted by Crippen LogP contribution is 2.11. The molecule has 2 nitrogen and oxygen atoms in total. The van der Waals surface area contributed by atoms with Crippen molar-refractivity contribution >= 4 is 8.58 Å². The number of aliphatic hydroxyl groups is 2. The van der Waals surface area contributed by atoms with E-state index in [9.17, 15) is 0 Å². The zero-order valence-corrected chi connectivity index (χ0v) is 6.64. The molecule has 0 aliphatic carbocycles. The predicted molar refractivity (Wildman–Crippen MR) is 41.5 cm³/mol. The Balaban J connectivity index is 2.60. The van der Waals surface area contributed by atoms with Gasteiger partial charge in [0.2, 0.25) is 0 Å². The summed E-state index contributed by atoms with van der Waals surface area (Å²) in [6, 6.07) is 0. The van der Waals surface area contributed by atoms with E-state index in [1.54, 1.807) is 0 Å². The van der Waals surface area contributed by atoms with Crippen LogP contribution in [0.1, 0.15) is 12.8 Å². The van der Waals surface area contributed by atoms with E-state index in [0.717, 1.165) is 33.7 Å². The first kappa shape index (κ1) is 9.35. The van der Waals surface area contributed by atoms with Gasteiger partial charge in [0.15, 0.2) is 0 Å². The first-order chi connectivity index (χ1) is 4.41. The lowest BCUT2D eigenvalue weighted by molar-refractivity contribution is 0.294. The zero-order valence-electron chi connectivity index (χ0n) is 5.64. The van der Waals surface area contributed by atoms with Gasteiger partial charge in [-0.2, -0.15) is 0 Å². The molecule has 0 spiro atoms. The minimum Gasteiger partial charge on any atom is -0.396 e. The summed E-state index contributed by atoms with van der Waals surface area (Å²) in [4.78, 5) is 0. The molecule has 3 heteroatoms. The summed E-state index contributed by atoms with van der Waals surface area (Å²) in [7, 11) is 0.926. The standard InChI is InChI=1S/C6H15O2P/c7-3-1-5-9-6-2-4-8/h7-9H,1-6H2. The lowest BCUT2D eigenvalue weighted by Crippen LogP contribution is -1.88. The minimum atomic E-state index is 0.312. The van der Waals surface area contributed by atoms with Crippen molar-refractivity contribution in [2.45, 2.75) is 12.8 Å². The van der Waals surface area contributed by atoms with Gasteiger partial charge < -0.3 is 10.2 Å². The van der Waals surface area contributed by atoms with Crippen molar-refractivity contribution in [3.8, 4) is 0 Å². The SMILES string of the molecule is OCCCPCCCO. The Morgan fingerprint density at radius 2 is 1.33 bits per heavy atom. The summed E-state index contributed by atoms with van der Waals surface area (Å²) in [6.45, 7) is 0.623. The number of hydrogen-bond acceptors (Lipinski definition) is 2. The van der Waals surface area contributed by atoms with Crippen molar-refractivity contribution in [3.63, 3.8) is 0 Å². The highest BCUT2D eigenvalue weighted by atomic mass is 31.1. The Kier molecular flexibility index (Phi) is 8.67.